The van der Waals surface area contributed by atoms with Crippen molar-refractivity contribution in [3.05, 3.63) is 53.1 Å². The maximum Gasteiger partial charge on any atom is 0.261 e. The van der Waals surface area contributed by atoms with Gasteiger partial charge >= 0.3 is 0 Å². The van der Waals surface area contributed by atoms with Crippen LogP contribution in [-0.4, -0.2) is 41.7 Å². The van der Waals surface area contributed by atoms with Crippen molar-refractivity contribution < 1.29 is 22.7 Å². The number of halogens is 1. The standard InChI is InChI=1S/C18H21ClN2O5S/c1-25-11-5-10-20-18(22)14-6-3-4-7-16(14)21-27(23,24)13-8-9-17(26-2)15(19)12-13/h3-4,6-9,12,21H,5,10-11H2,1-2H3,(H,20,22). The molecule has 0 radical (unpaired) electrons. The van der Waals surface area contributed by atoms with Crippen molar-refractivity contribution in [3.8, 4) is 5.75 Å². The van der Waals surface area contributed by atoms with Gasteiger partial charge in [0, 0.05) is 20.3 Å². The van der Waals surface area contributed by atoms with Gasteiger partial charge in [-0.2, -0.15) is 0 Å². The fourth-order valence-electron chi connectivity index (χ4n) is 2.30. The fourth-order valence-corrected chi connectivity index (χ4v) is 3.73. The lowest BCUT2D eigenvalue weighted by molar-refractivity contribution is 0.0949. The average molecular weight is 413 g/mol. The van der Waals surface area contributed by atoms with Gasteiger partial charge in [0.25, 0.3) is 15.9 Å². The number of benzene rings is 2. The zero-order chi connectivity index (χ0) is 19.9. The lowest BCUT2D eigenvalue weighted by Crippen LogP contribution is -2.26. The zero-order valence-corrected chi connectivity index (χ0v) is 16.6. The molecule has 9 heteroatoms. The predicted octanol–water partition coefficient (Wildman–Crippen LogP) is 2.92. The number of hydrogen-bond donors (Lipinski definition) is 2. The molecule has 0 fully saturated rings. The Balaban J connectivity index is 2.21. The van der Waals surface area contributed by atoms with Crippen LogP contribution in [0.5, 0.6) is 5.75 Å². The molecule has 0 aromatic heterocycles. The van der Waals surface area contributed by atoms with Crippen molar-refractivity contribution in [1.29, 1.82) is 0 Å². The van der Waals surface area contributed by atoms with Crippen LogP contribution in [0.25, 0.3) is 0 Å². The molecule has 2 rings (SSSR count). The van der Waals surface area contributed by atoms with Gasteiger partial charge in [-0.3, -0.25) is 9.52 Å². The van der Waals surface area contributed by atoms with Gasteiger partial charge in [-0.1, -0.05) is 23.7 Å². The van der Waals surface area contributed by atoms with E-state index < -0.39 is 10.0 Å². The third kappa shape index (κ3) is 5.59. The second kappa shape index (κ2) is 9.59. The highest BCUT2D eigenvalue weighted by Gasteiger charge is 2.19. The lowest BCUT2D eigenvalue weighted by Gasteiger charge is -2.13. The number of methoxy groups -OCH3 is 2. The van der Waals surface area contributed by atoms with Gasteiger partial charge < -0.3 is 14.8 Å². The maximum atomic E-state index is 12.7. The summed E-state index contributed by atoms with van der Waals surface area (Å²) >= 11 is 6.01. The van der Waals surface area contributed by atoms with Gasteiger partial charge in [-0.25, -0.2) is 8.42 Å². The Hall–Kier alpha value is -2.29. The molecule has 7 nitrogen and oxygen atoms in total. The summed E-state index contributed by atoms with van der Waals surface area (Å²) in [5.74, 6) is -0.0105. The lowest BCUT2D eigenvalue weighted by atomic mass is 10.1. The molecule has 0 unspecified atom stereocenters. The van der Waals surface area contributed by atoms with Crippen LogP contribution in [-0.2, 0) is 14.8 Å². The molecule has 146 valence electrons. The van der Waals surface area contributed by atoms with E-state index in [-0.39, 0.29) is 27.1 Å². The summed E-state index contributed by atoms with van der Waals surface area (Å²) in [5.41, 5.74) is 0.395. The first kappa shape index (κ1) is 21.0. The van der Waals surface area contributed by atoms with Crippen molar-refractivity contribution in [3.63, 3.8) is 0 Å². The predicted molar refractivity (Wildman–Crippen MR) is 104 cm³/mol. The molecule has 0 saturated carbocycles. The summed E-state index contributed by atoms with van der Waals surface area (Å²) in [6.07, 6.45) is 0.653. The van der Waals surface area contributed by atoms with Crippen LogP contribution >= 0.6 is 11.6 Å². The van der Waals surface area contributed by atoms with Crippen molar-refractivity contribution in [2.45, 2.75) is 11.3 Å². The summed E-state index contributed by atoms with van der Waals surface area (Å²) in [6.45, 7) is 0.939. The van der Waals surface area contributed by atoms with Crippen molar-refractivity contribution in [2.75, 3.05) is 32.1 Å². The number of hydrogen-bond acceptors (Lipinski definition) is 5. The van der Waals surface area contributed by atoms with Crippen LogP contribution in [0.15, 0.2) is 47.4 Å². The van der Waals surface area contributed by atoms with Crippen molar-refractivity contribution >= 4 is 33.2 Å². The molecule has 0 atom stereocenters. The van der Waals surface area contributed by atoms with E-state index in [2.05, 4.69) is 10.0 Å². The molecular weight excluding hydrogens is 392 g/mol. The van der Waals surface area contributed by atoms with E-state index in [9.17, 15) is 13.2 Å². The highest BCUT2D eigenvalue weighted by atomic mass is 35.5. The smallest absolute Gasteiger partial charge is 0.261 e. The SMILES string of the molecule is COCCCNC(=O)c1ccccc1NS(=O)(=O)c1ccc(OC)c(Cl)c1. The number of carbonyl (C=O) groups is 1. The number of anilines is 1. The number of rotatable bonds is 9. The second-order valence-electron chi connectivity index (χ2n) is 5.55. The van der Waals surface area contributed by atoms with Gasteiger partial charge in [0.15, 0.2) is 0 Å². The van der Waals surface area contributed by atoms with Crippen LogP contribution in [0.2, 0.25) is 5.02 Å². The molecular formula is C18H21ClN2O5S. The Morgan fingerprint density at radius 3 is 2.56 bits per heavy atom. The molecule has 2 N–H and O–H groups in total. The van der Waals surface area contributed by atoms with Crippen LogP contribution in [0, 0.1) is 0 Å². The van der Waals surface area contributed by atoms with E-state index in [1.54, 1.807) is 25.3 Å². The minimum Gasteiger partial charge on any atom is -0.495 e. The molecule has 0 heterocycles. The Labute approximate surface area is 163 Å². The molecule has 0 aliphatic heterocycles. The van der Waals surface area contributed by atoms with E-state index in [1.165, 1.54) is 31.4 Å². The number of para-hydroxylation sites is 1. The first-order valence-electron chi connectivity index (χ1n) is 8.11. The highest BCUT2D eigenvalue weighted by Crippen LogP contribution is 2.28. The topological polar surface area (TPSA) is 93.7 Å². The van der Waals surface area contributed by atoms with Gasteiger partial charge in [-0.05, 0) is 36.8 Å². The van der Waals surface area contributed by atoms with Crippen LogP contribution < -0.4 is 14.8 Å². The summed E-state index contributed by atoms with van der Waals surface area (Å²) < 4.78 is 37.7. The molecule has 0 aliphatic carbocycles. The minimum atomic E-state index is -3.94. The van der Waals surface area contributed by atoms with Crippen LogP contribution in [0.4, 0.5) is 5.69 Å². The number of amides is 1. The van der Waals surface area contributed by atoms with E-state index in [1.807, 2.05) is 0 Å². The summed E-state index contributed by atoms with van der Waals surface area (Å²) in [7, 11) is -0.916. The maximum absolute atomic E-state index is 12.7. The van der Waals surface area contributed by atoms with Gasteiger partial charge in [0.2, 0.25) is 0 Å². The van der Waals surface area contributed by atoms with Gasteiger partial charge in [0.1, 0.15) is 5.75 Å². The Bertz CT molecular complexity index is 902. The van der Waals surface area contributed by atoms with Crippen LogP contribution in [0.1, 0.15) is 16.8 Å². The molecule has 2 aromatic carbocycles. The normalized spacial score (nSPS) is 11.1. The molecule has 2 aromatic rings. The van der Waals surface area contributed by atoms with E-state index in [4.69, 9.17) is 21.1 Å². The Kier molecular flexibility index (Phi) is 7.46. The number of nitrogens with one attached hydrogen (secondary N) is 2. The Morgan fingerprint density at radius 2 is 1.89 bits per heavy atom. The third-order valence-electron chi connectivity index (χ3n) is 3.66. The number of sulfonamides is 1. The quantitative estimate of drug-likeness (QED) is 0.617. The molecule has 0 saturated heterocycles. The summed E-state index contributed by atoms with van der Waals surface area (Å²) in [5, 5.41) is 2.90. The first-order chi connectivity index (χ1) is 12.9. The highest BCUT2D eigenvalue weighted by molar-refractivity contribution is 7.92. The summed E-state index contributed by atoms with van der Waals surface area (Å²) in [4.78, 5) is 12.3. The molecule has 0 spiro atoms. The summed E-state index contributed by atoms with van der Waals surface area (Å²) in [6, 6.07) is 10.5. The molecule has 0 bridgehead atoms. The zero-order valence-electron chi connectivity index (χ0n) is 15.0. The fraction of sp³-hybridized carbons (Fsp3) is 0.278. The second-order valence-corrected chi connectivity index (χ2v) is 7.64. The van der Waals surface area contributed by atoms with Crippen molar-refractivity contribution in [2.24, 2.45) is 0 Å². The number of carbonyl (C=O) groups excluding carboxylic acids is 1. The average Bonchev–Trinajstić information content (AvgIpc) is 2.65. The van der Waals surface area contributed by atoms with Crippen LogP contribution in [0.3, 0.4) is 0 Å². The van der Waals surface area contributed by atoms with Crippen molar-refractivity contribution in [1.82, 2.24) is 5.32 Å². The monoisotopic (exact) mass is 412 g/mol. The van der Waals surface area contributed by atoms with E-state index in [0.717, 1.165) is 0 Å². The molecule has 0 aliphatic rings. The third-order valence-corrected chi connectivity index (χ3v) is 5.32. The van der Waals surface area contributed by atoms with Gasteiger partial charge in [-0.15, -0.1) is 0 Å². The van der Waals surface area contributed by atoms with Gasteiger partial charge in [0.05, 0.1) is 28.3 Å². The first-order valence-corrected chi connectivity index (χ1v) is 9.97. The molecule has 1 amide bonds. The van der Waals surface area contributed by atoms with E-state index in [0.29, 0.717) is 25.3 Å². The number of ether oxygens (including phenoxy) is 2. The minimum absolute atomic E-state index is 0.0383. The Morgan fingerprint density at radius 1 is 1.15 bits per heavy atom. The largest absolute Gasteiger partial charge is 0.495 e. The molecule has 27 heavy (non-hydrogen) atoms. The van der Waals surface area contributed by atoms with E-state index >= 15 is 0 Å².